The van der Waals surface area contributed by atoms with Crippen molar-refractivity contribution in [2.24, 2.45) is 0 Å². The van der Waals surface area contributed by atoms with Crippen LogP contribution in [0.5, 0.6) is 0 Å². The molecular formula is C11H13ClN2O2. The van der Waals surface area contributed by atoms with Crippen LogP contribution in [0.25, 0.3) is 0 Å². The molecule has 3 N–H and O–H groups in total. The second-order valence-corrected chi connectivity index (χ2v) is 4.45. The summed E-state index contributed by atoms with van der Waals surface area (Å²) in [5, 5.41) is 8.89. The smallest absolute Gasteiger partial charge is 0.340 e. The standard InChI is InChI=1S/C11H13ClN2O2/c12-10-9(11(15)16)7(13)5-8(14-10)6-3-1-2-4-6/h5-6H,1-4H2,(H2,13,14)(H,15,16). The fourth-order valence-electron chi connectivity index (χ4n) is 2.19. The van der Waals surface area contributed by atoms with Gasteiger partial charge in [-0.15, -0.1) is 0 Å². The average molecular weight is 241 g/mol. The highest BCUT2D eigenvalue weighted by atomic mass is 35.5. The Hall–Kier alpha value is -1.29. The van der Waals surface area contributed by atoms with E-state index in [1.165, 1.54) is 12.8 Å². The number of halogens is 1. The Kier molecular flexibility index (Phi) is 3.01. The molecular weight excluding hydrogens is 228 g/mol. The molecule has 1 fully saturated rings. The van der Waals surface area contributed by atoms with Crippen molar-refractivity contribution in [3.63, 3.8) is 0 Å². The van der Waals surface area contributed by atoms with Crippen LogP contribution in [0.3, 0.4) is 0 Å². The SMILES string of the molecule is Nc1cc(C2CCCC2)nc(Cl)c1C(=O)O. The van der Waals surface area contributed by atoms with Crippen molar-refractivity contribution in [2.45, 2.75) is 31.6 Å². The summed E-state index contributed by atoms with van der Waals surface area (Å²) in [6.45, 7) is 0. The maximum atomic E-state index is 10.9. The largest absolute Gasteiger partial charge is 0.478 e. The Morgan fingerprint density at radius 2 is 2.12 bits per heavy atom. The Labute approximate surface area is 98.4 Å². The second-order valence-electron chi connectivity index (χ2n) is 4.09. The molecule has 1 aromatic heterocycles. The van der Waals surface area contributed by atoms with Crippen molar-refractivity contribution in [1.82, 2.24) is 4.98 Å². The van der Waals surface area contributed by atoms with E-state index in [9.17, 15) is 4.79 Å². The van der Waals surface area contributed by atoms with E-state index in [1.54, 1.807) is 6.07 Å². The van der Waals surface area contributed by atoms with Gasteiger partial charge in [0.1, 0.15) is 10.7 Å². The number of aromatic carboxylic acids is 1. The molecule has 0 radical (unpaired) electrons. The van der Waals surface area contributed by atoms with E-state index in [0.29, 0.717) is 5.92 Å². The lowest BCUT2D eigenvalue weighted by molar-refractivity contribution is 0.0698. The number of hydrogen-bond donors (Lipinski definition) is 2. The van der Waals surface area contributed by atoms with Gasteiger partial charge in [-0.2, -0.15) is 0 Å². The monoisotopic (exact) mass is 240 g/mol. The normalized spacial score (nSPS) is 16.6. The topological polar surface area (TPSA) is 76.2 Å². The molecule has 0 saturated heterocycles. The predicted octanol–water partition coefficient (Wildman–Crippen LogP) is 2.67. The van der Waals surface area contributed by atoms with Crippen LogP contribution in [-0.4, -0.2) is 16.1 Å². The molecule has 0 amide bonds. The number of carboxylic acid groups (broad SMARTS) is 1. The molecule has 2 rings (SSSR count). The molecule has 4 nitrogen and oxygen atoms in total. The zero-order valence-electron chi connectivity index (χ0n) is 8.74. The van der Waals surface area contributed by atoms with Gasteiger partial charge in [-0.3, -0.25) is 0 Å². The summed E-state index contributed by atoms with van der Waals surface area (Å²) in [6, 6.07) is 1.64. The molecule has 0 unspecified atom stereocenters. The van der Waals surface area contributed by atoms with Crippen molar-refractivity contribution in [2.75, 3.05) is 5.73 Å². The number of nitrogen functional groups attached to an aromatic ring is 1. The van der Waals surface area contributed by atoms with E-state index in [4.69, 9.17) is 22.4 Å². The molecule has 1 aromatic rings. The van der Waals surface area contributed by atoms with Gasteiger partial charge < -0.3 is 10.8 Å². The molecule has 0 atom stereocenters. The fraction of sp³-hybridized carbons (Fsp3) is 0.455. The summed E-state index contributed by atoms with van der Waals surface area (Å²) in [5.74, 6) is -0.754. The summed E-state index contributed by atoms with van der Waals surface area (Å²) in [5.41, 5.74) is 6.62. The highest BCUT2D eigenvalue weighted by molar-refractivity contribution is 6.33. The molecule has 0 bridgehead atoms. The third kappa shape index (κ3) is 1.97. The van der Waals surface area contributed by atoms with E-state index in [2.05, 4.69) is 4.98 Å². The van der Waals surface area contributed by atoms with E-state index in [1.807, 2.05) is 0 Å². The minimum absolute atomic E-state index is 0.00519. The quantitative estimate of drug-likeness (QED) is 0.780. The molecule has 16 heavy (non-hydrogen) atoms. The van der Waals surface area contributed by atoms with Crippen LogP contribution in [0.15, 0.2) is 6.07 Å². The fourth-order valence-corrected chi connectivity index (χ4v) is 2.48. The van der Waals surface area contributed by atoms with Crippen LogP contribution >= 0.6 is 11.6 Å². The maximum Gasteiger partial charge on any atom is 0.340 e. The average Bonchev–Trinajstić information content (AvgIpc) is 2.67. The van der Waals surface area contributed by atoms with Gasteiger partial charge >= 0.3 is 5.97 Å². The zero-order valence-corrected chi connectivity index (χ0v) is 9.50. The van der Waals surface area contributed by atoms with Crippen LogP contribution in [0.2, 0.25) is 5.15 Å². The van der Waals surface area contributed by atoms with Crippen LogP contribution in [0, 0.1) is 0 Å². The van der Waals surface area contributed by atoms with Gasteiger partial charge in [-0.05, 0) is 18.9 Å². The van der Waals surface area contributed by atoms with E-state index in [0.717, 1.165) is 18.5 Å². The lowest BCUT2D eigenvalue weighted by Crippen LogP contribution is -2.08. The van der Waals surface area contributed by atoms with Gasteiger partial charge in [-0.25, -0.2) is 9.78 Å². The number of rotatable bonds is 2. The zero-order chi connectivity index (χ0) is 11.7. The number of aromatic nitrogens is 1. The Balaban J connectivity index is 2.40. The molecule has 1 saturated carbocycles. The van der Waals surface area contributed by atoms with Crippen LogP contribution < -0.4 is 5.73 Å². The van der Waals surface area contributed by atoms with E-state index >= 15 is 0 Å². The molecule has 1 aliphatic carbocycles. The molecule has 5 heteroatoms. The summed E-state index contributed by atoms with van der Waals surface area (Å²) in [7, 11) is 0. The summed E-state index contributed by atoms with van der Waals surface area (Å²) >= 11 is 5.84. The lowest BCUT2D eigenvalue weighted by atomic mass is 10.0. The van der Waals surface area contributed by atoms with E-state index in [-0.39, 0.29) is 16.4 Å². The van der Waals surface area contributed by atoms with Gasteiger partial charge in [0.15, 0.2) is 0 Å². The third-order valence-electron chi connectivity index (χ3n) is 3.01. The second kappa shape index (κ2) is 4.29. The van der Waals surface area contributed by atoms with Gasteiger partial charge in [0.05, 0.1) is 5.69 Å². The Morgan fingerprint density at radius 3 is 2.62 bits per heavy atom. The first-order chi connectivity index (χ1) is 7.59. The Bertz CT molecular complexity index is 405. The predicted molar refractivity (Wildman–Crippen MR) is 61.8 cm³/mol. The molecule has 0 aromatic carbocycles. The summed E-state index contributed by atoms with van der Waals surface area (Å²) < 4.78 is 0. The van der Waals surface area contributed by atoms with Crippen molar-refractivity contribution < 1.29 is 9.90 Å². The van der Waals surface area contributed by atoms with Crippen LogP contribution in [0.1, 0.15) is 47.7 Å². The van der Waals surface area contributed by atoms with Gasteiger partial charge in [-0.1, -0.05) is 24.4 Å². The minimum Gasteiger partial charge on any atom is -0.478 e. The third-order valence-corrected chi connectivity index (χ3v) is 3.29. The van der Waals surface area contributed by atoms with Crippen LogP contribution in [-0.2, 0) is 0 Å². The molecule has 0 spiro atoms. The van der Waals surface area contributed by atoms with Crippen molar-refractivity contribution in [3.05, 3.63) is 22.5 Å². The highest BCUT2D eigenvalue weighted by Crippen LogP contribution is 2.35. The summed E-state index contributed by atoms with van der Waals surface area (Å²) in [4.78, 5) is 15.0. The van der Waals surface area contributed by atoms with Crippen molar-refractivity contribution >= 4 is 23.3 Å². The maximum absolute atomic E-state index is 10.9. The molecule has 0 aliphatic heterocycles. The number of carbonyl (C=O) groups is 1. The first-order valence-electron chi connectivity index (χ1n) is 5.29. The summed E-state index contributed by atoms with van der Waals surface area (Å²) in [6.07, 6.45) is 4.53. The lowest BCUT2D eigenvalue weighted by Gasteiger charge is -2.11. The highest BCUT2D eigenvalue weighted by Gasteiger charge is 2.22. The molecule has 86 valence electrons. The molecule has 1 aliphatic rings. The number of hydrogen-bond acceptors (Lipinski definition) is 3. The molecule has 1 heterocycles. The van der Waals surface area contributed by atoms with Crippen molar-refractivity contribution in [1.29, 1.82) is 0 Å². The number of nitrogens with two attached hydrogens (primary N) is 1. The number of pyridine rings is 1. The first kappa shape index (κ1) is 11.2. The van der Waals surface area contributed by atoms with E-state index < -0.39 is 5.97 Å². The van der Waals surface area contributed by atoms with Crippen molar-refractivity contribution in [3.8, 4) is 0 Å². The van der Waals surface area contributed by atoms with Gasteiger partial charge in [0.2, 0.25) is 0 Å². The first-order valence-corrected chi connectivity index (χ1v) is 5.66. The Morgan fingerprint density at radius 1 is 1.50 bits per heavy atom. The van der Waals surface area contributed by atoms with Gasteiger partial charge in [0, 0.05) is 11.6 Å². The number of anilines is 1. The van der Waals surface area contributed by atoms with Gasteiger partial charge in [0.25, 0.3) is 0 Å². The number of nitrogens with zero attached hydrogens (tertiary/aromatic N) is 1. The number of carboxylic acids is 1. The minimum atomic E-state index is -1.13. The van der Waals surface area contributed by atoms with Crippen LogP contribution in [0.4, 0.5) is 5.69 Å².